The topological polar surface area (TPSA) is 73.2 Å². The first-order valence-electron chi connectivity index (χ1n) is 8.88. The zero-order valence-corrected chi connectivity index (χ0v) is 15.2. The summed E-state index contributed by atoms with van der Waals surface area (Å²) in [5.74, 6) is -0.340. The summed E-state index contributed by atoms with van der Waals surface area (Å²) < 4.78 is 0. The van der Waals surface area contributed by atoms with Crippen LogP contribution in [0.15, 0.2) is 40.4 Å². The Morgan fingerprint density at radius 2 is 2.19 bits per heavy atom. The minimum absolute atomic E-state index is 0.173. The fraction of sp³-hybridized carbons (Fsp3) is 0.421. The molecule has 0 aromatic heterocycles. The lowest BCUT2D eigenvalue weighted by Gasteiger charge is -2.20. The molecule has 0 saturated carbocycles. The maximum Gasteiger partial charge on any atom is 0.335 e. The number of likely N-dealkylation sites (tertiary alicyclic amines) is 1. The average molecular weight is 371 g/mol. The number of carboxylic acid groups (broad SMARTS) is 1. The molecule has 0 radical (unpaired) electrons. The molecule has 1 saturated heterocycles. The maximum atomic E-state index is 12.7. The van der Waals surface area contributed by atoms with Crippen LogP contribution in [0, 0.1) is 5.92 Å². The van der Waals surface area contributed by atoms with Crippen LogP contribution in [0.3, 0.4) is 0 Å². The van der Waals surface area contributed by atoms with Gasteiger partial charge in [-0.2, -0.15) is 0 Å². The smallest absolute Gasteiger partial charge is 0.335 e. The van der Waals surface area contributed by atoms with E-state index in [1.165, 1.54) is 0 Å². The molecule has 26 heavy (non-hydrogen) atoms. The molecule has 3 heterocycles. The molecule has 0 spiro atoms. The number of carbonyl (C=O) groups is 2. The van der Waals surface area contributed by atoms with Gasteiger partial charge in [0.2, 0.25) is 5.91 Å². The summed E-state index contributed by atoms with van der Waals surface area (Å²) in [6.07, 6.45) is 2.22. The Balaban J connectivity index is 1.32. The first-order chi connectivity index (χ1) is 12.6. The molecule has 1 aromatic carbocycles. The number of carboxylic acids is 1. The van der Waals surface area contributed by atoms with E-state index in [-0.39, 0.29) is 5.91 Å². The fourth-order valence-electron chi connectivity index (χ4n) is 3.77. The monoisotopic (exact) mass is 371 g/mol. The average Bonchev–Trinajstić information content (AvgIpc) is 3.34. The van der Waals surface area contributed by atoms with Gasteiger partial charge in [0.05, 0.1) is 18.5 Å². The molecule has 0 bridgehead atoms. The number of hydrogen-bond donors (Lipinski definition) is 1. The molecule has 6 nitrogen and oxygen atoms in total. The standard InChI is InChI=1S/C19H21N3O3S/c23-17(10-16-12-26-19-20-5-7-22(16)19)21-6-4-14(11-21)8-13-2-1-3-15(9-13)18(24)25/h1-3,9,12,14H,4-8,10-11H2,(H,24,25)/t14-/m1/s1. The lowest BCUT2D eigenvalue weighted by Crippen LogP contribution is -2.31. The van der Waals surface area contributed by atoms with Crippen LogP contribution in [0.4, 0.5) is 0 Å². The van der Waals surface area contributed by atoms with Crippen LogP contribution in [0.2, 0.25) is 0 Å². The molecule has 1 aromatic rings. The molecule has 1 fully saturated rings. The Morgan fingerprint density at radius 3 is 3.04 bits per heavy atom. The SMILES string of the molecule is O=C(O)c1cccc(C[C@H]2CCN(C(=O)CC3=CSC4=NCCN34)C2)c1. The summed E-state index contributed by atoms with van der Waals surface area (Å²) in [6, 6.07) is 7.10. The molecule has 136 valence electrons. The Morgan fingerprint density at radius 1 is 1.31 bits per heavy atom. The molecule has 7 heteroatoms. The predicted octanol–water partition coefficient (Wildman–Crippen LogP) is 2.43. The van der Waals surface area contributed by atoms with Gasteiger partial charge in [0.15, 0.2) is 5.17 Å². The number of rotatable bonds is 5. The second-order valence-corrected chi connectivity index (χ2v) is 7.76. The summed E-state index contributed by atoms with van der Waals surface area (Å²) >= 11 is 1.61. The van der Waals surface area contributed by atoms with E-state index in [1.54, 1.807) is 30.0 Å². The number of aliphatic imine (C=N–C) groups is 1. The van der Waals surface area contributed by atoms with Crippen molar-refractivity contribution >= 4 is 28.8 Å². The molecule has 4 rings (SSSR count). The zero-order chi connectivity index (χ0) is 18.1. The minimum Gasteiger partial charge on any atom is -0.478 e. The van der Waals surface area contributed by atoms with E-state index in [2.05, 4.69) is 9.89 Å². The van der Waals surface area contributed by atoms with Gasteiger partial charge < -0.3 is 14.9 Å². The number of amides is 1. The van der Waals surface area contributed by atoms with Crippen molar-refractivity contribution in [2.45, 2.75) is 19.3 Å². The highest BCUT2D eigenvalue weighted by Gasteiger charge is 2.31. The van der Waals surface area contributed by atoms with Gasteiger partial charge in [-0.25, -0.2) is 4.79 Å². The highest BCUT2D eigenvalue weighted by molar-refractivity contribution is 8.16. The van der Waals surface area contributed by atoms with E-state index >= 15 is 0 Å². The number of carbonyl (C=O) groups excluding carboxylic acids is 1. The molecule has 1 atom stereocenters. The lowest BCUT2D eigenvalue weighted by molar-refractivity contribution is -0.129. The van der Waals surface area contributed by atoms with Gasteiger partial charge in [-0.05, 0) is 41.9 Å². The molecule has 0 aliphatic carbocycles. The van der Waals surface area contributed by atoms with Crippen LogP contribution in [0.1, 0.15) is 28.8 Å². The Hall–Kier alpha value is -2.28. The summed E-state index contributed by atoms with van der Waals surface area (Å²) in [4.78, 5) is 32.3. The van der Waals surface area contributed by atoms with Crippen molar-refractivity contribution in [3.8, 4) is 0 Å². The molecule has 1 N–H and O–H groups in total. The van der Waals surface area contributed by atoms with E-state index in [9.17, 15) is 9.59 Å². The van der Waals surface area contributed by atoms with Gasteiger partial charge in [-0.3, -0.25) is 9.79 Å². The van der Waals surface area contributed by atoms with Gasteiger partial charge in [0.25, 0.3) is 0 Å². The summed E-state index contributed by atoms with van der Waals surface area (Å²) in [5.41, 5.74) is 2.41. The normalized spacial score (nSPS) is 21.6. The van der Waals surface area contributed by atoms with Crippen molar-refractivity contribution in [1.82, 2.24) is 9.80 Å². The number of fused-ring (bicyclic) bond motifs is 1. The van der Waals surface area contributed by atoms with Crippen LogP contribution in [0.25, 0.3) is 0 Å². The largest absolute Gasteiger partial charge is 0.478 e. The molecular formula is C19H21N3O3S. The number of benzene rings is 1. The highest BCUT2D eigenvalue weighted by atomic mass is 32.2. The van der Waals surface area contributed by atoms with Crippen molar-refractivity contribution in [3.05, 3.63) is 46.5 Å². The molecule has 3 aliphatic rings. The van der Waals surface area contributed by atoms with E-state index < -0.39 is 5.97 Å². The molecule has 0 unspecified atom stereocenters. The second-order valence-electron chi connectivity index (χ2n) is 6.92. The van der Waals surface area contributed by atoms with Gasteiger partial charge in [-0.15, -0.1) is 0 Å². The van der Waals surface area contributed by atoms with Gasteiger partial charge in [0, 0.05) is 25.3 Å². The van der Waals surface area contributed by atoms with Gasteiger partial charge in [0.1, 0.15) is 0 Å². The Bertz CT molecular complexity index is 805. The summed E-state index contributed by atoms with van der Waals surface area (Å²) in [7, 11) is 0. The summed E-state index contributed by atoms with van der Waals surface area (Å²) in [5, 5.41) is 12.2. The lowest BCUT2D eigenvalue weighted by atomic mass is 9.97. The third kappa shape index (κ3) is 3.49. The van der Waals surface area contributed by atoms with E-state index in [0.29, 0.717) is 17.9 Å². The van der Waals surface area contributed by atoms with E-state index in [0.717, 1.165) is 55.4 Å². The van der Waals surface area contributed by atoms with Crippen LogP contribution in [-0.2, 0) is 11.2 Å². The molecule has 3 aliphatic heterocycles. The number of nitrogens with zero attached hydrogens (tertiary/aromatic N) is 3. The summed E-state index contributed by atoms with van der Waals surface area (Å²) in [6.45, 7) is 3.22. The maximum absolute atomic E-state index is 12.7. The number of amidine groups is 1. The molecular weight excluding hydrogens is 350 g/mol. The van der Waals surface area contributed by atoms with E-state index in [1.807, 2.05) is 16.4 Å². The molecule has 1 amide bonds. The van der Waals surface area contributed by atoms with Crippen LogP contribution in [0.5, 0.6) is 0 Å². The quantitative estimate of drug-likeness (QED) is 0.861. The Labute approximate surface area is 156 Å². The van der Waals surface area contributed by atoms with Crippen LogP contribution >= 0.6 is 11.8 Å². The third-order valence-electron chi connectivity index (χ3n) is 5.12. The number of aromatic carboxylic acids is 1. The fourth-order valence-corrected chi connectivity index (χ4v) is 4.73. The number of thioether (sulfide) groups is 1. The van der Waals surface area contributed by atoms with Crippen molar-refractivity contribution in [1.29, 1.82) is 0 Å². The van der Waals surface area contributed by atoms with Crippen molar-refractivity contribution in [2.75, 3.05) is 26.2 Å². The zero-order valence-electron chi connectivity index (χ0n) is 14.4. The highest BCUT2D eigenvalue weighted by Crippen LogP contribution is 2.32. The van der Waals surface area contributed by atoms with Crippen molar-refractivity contribution < 1.29 is 14.7 Å². The first-order valence-corrected chi connectivity index (χ1v) is 9.76. The minimum atomic E-state index is -0.900. The van der Waals surface area contributed by atoms with E-state index in [4.69, 9.17) is 5.11 Å². The van der Waals surface area contributed by atoms with Gasteiger partial charge >= 0.3 is 5.97 Å². The van der Waals surface area contributed by atoms with Crippen LogP contribution in [-0.4, -0.2) is 58.1 Å². The Kier molecular flexibility index (Phi) is 4.72. The third-order valence-corrected chi connectivity index (χ3v) is 6.07. The van der Waals surface area contributed by atoms with Crippen molar-refractivity contribution in [2.24, 2.45) is 10.9 Å². The van der Waals surface area contributed by atoms with Crippen LogP contribution < -0.4 is 0 Å². The first kappa shape index (κ1) is 17.1. The second kappa shape index (κ2) is 7.15. The van der Waals surface area contributed by atoms with Gasteiger partial charge in [-0.1, -0.05) is 23.9 Å². The number of hydrogen-bond acceptors (Lipinski definition) is 5. The predicted molar refractivity (Wildman–Crippen MR) is 101 cm³/mol. The van der Waals surface area contributed by atoms with Crippen molar-refractivity contribution in [3.63, 3.8) is 0 Å².